The molecule has 6 nitrogen and oxygen atoms in total. The summed E-state index contributed by atoms with van der Waals surface area (Å²) in [7, 11) is 0. The van der Waals surface area contributed by atoms with Crippen molar-refractivity contribution in [2.75, 3.05) is 18.3 Å². The van der Waals surface area contributed by atoms with E-state index in [1.54, 1.807) is 18.2 Å². The Balaban J connectivity index is 1.58. The zero-order valence-electron chi connectivity index (χ0n) is 14.0. The first kappa shape index (κ1) is 16.4. The number of rotatable bonds is 4. The fourth-order valence-electron chi connectivity index (χ4n) is 2.80. The Hall–Kier alpha value is -3.06. The van der Waals surface area contributed by atoms with Gasteiger partial charge >= 0.3 is 0 Å². The van der Waals surface area contributed by atoms with Gasteiger partial charge in [0.15, 0.2) is 16.6 Å². The number of hydrogen-bond acceptors (Lipinski definition) is 5. The molecule has 2 aromatic rings. The summed E-state index contributed by atoms with van der Waals surface area (Å²) in [4.78, 5) is 14.2. The summed E-state index contributed by atoms with van der Waals surface area (Å²) in [5.74, 6) is 1.90. The molecule has 1 amide bonds. The van der Waals surface area contributed by atoms with E-state index in [1.807, 2.05) is 37.3 Å². The lowest BCUT2D eigenvalue weighted by Crippen LogP contribution is -2.30. The van der Waals surface area contributed by atoms with Gasteiger partial charge in [-0.3, -0.25) is 9.69 Å². The average Bonchev–Trinajstić information content (AvgIpc) is 3.20. The monoisotopic (exact) mass is 368 g/mol. The SMILES string of the molecule is CCOc1ccc(N2C(=O)/C(=C/c3ccc4c(c3)OCO4)NC2=S)cc1. The predicted molar refractivity (Wildman–Crippen MR) is 101 cm³/mol. The third-order valence-corrected chi connectivity index (χ3v) is 4.28. The predicted octanol–water partition coefficient (Wildman–Crippen LogP) is 3.08. The summed E-state index contributed by atoms with van der Waals surface area (Å²) >= 11 is 5.33. The molecule has 0 atom stereocenters. The number of anilines is 1. The van der Waals surface area contributed by atoms with Crippen molar-refractivity contribution in [3.63, 3.8) is 0 Å². The van der Waals surface area contributed by atoms with Crippen molar-refractivity contribution in [3.05, 3.63) is 53.7 Å². The van der Waals surface area contributed by atoms with Crippen LogP contribution in [0.3, 0.4) is 0 Å². The number of ether oxygens (including phenoxy) is 3. The van der Waals surface area contributed by atoms with Crippen LogP contribution in [0, 0.1) is 0 Å². The number of thiocarbonyl (C=S) groups is 1. The molecule has 0 radical (unpaired) electrons. The van der Waals surface area contributed by atoms with E-state index in [4.69, 9.17) is 26.4 Å². The Kier molecular flexibility index (Phi) is 4.22. The summed E-state index contributed by atoms with van der Waals surface area (Å²) < 4.78 is 16.1. The van der Waals surface area contributed by atoms with E-state index in [1.165, 1.54) is 4.90 Å². The van der Waals surface area contributed by atoms with Gasteiger partial charge in [0.25, 0.3) is 5.91 Å². The van der Waals surface area contributed by atoms with Gasteiger partial charge in [-0.05, 0) is 67.2 Å². The molecule has 2 aliphatic heterocycles. The highest BCUT2D eigenvalue weighted by Gasteiger charge is 2.32. The molecular weight excluding hydrogens is 352 g/mol. The van der Waals surface area contributed by atoms with Crippen molar-refractivity contribution < 1.29 is 19.0 Å². The number of carbonyl (C=O) groups is 1. The highest BCUT2D eigenvalue weighted by Crippen LogP contribution is 2.33. The Morgan fingerprint density at radius 2 is 1.96 bits per heavy atom. The van der Waals surface area contributed by atoms with E-state index in [9.17, 15) is 4.79 Å². The summed E-state index contributed by atoms with van der Waals surface area (Å²) in [6.07, 6.45) is 1.74. The molecule has 132 valence electrons. The van der Waals surface area contributed by atoms with Crippen molar-refractivity contribution in [1.82, 2.24) is 5.32 Å². The van der Waals surface area contributed by atoms with Gasteiger partial charge in [-0.15, -0.1) is 0 Å². The Morgan fingerprint density at radius 3 is 2.73 bits per heavy atom. The Labute approximate surface area is 156 Å². The quantitative estimate of drug-likeness (QED) is 0.661. The van der Waals surface area contributed by atoms with Gasteiger partial charge in [0.05, 0.1) is 12.3 Å². The number of nitrogens with one attached hydrogen (secondary N) is 1. The Morgan fingerprint density at radius 1 is 1.19 bits per heavy atom. The molecule has 26 heavy (non-hydrogen) atoms. The third-order valence-electron chi connectivity index (χ3n) is 3.99. The van der Waals surface area contributed by atoms with Gasteiger partial charge in [0, 0.05) is 0 Å². The molecule has 0 aliphatic carbocycles. The van der Waals surface area contributed by atoms with Crippen LogP contribution in [-0.2, 0) is 4.79 Å². The van der Waals surface area contributed by atoms with E-state index < -0.39 is 0 Å². The summed E-state index contributed by atoms with van der Waals surface area (Å²) in [5.41, 5.74) is 1.91. The van der Waals surface area contributed by atoms with Crippen molar-refractivity contribution in [2.24, 2.45) is 0 Å². The van der Waals surface area contributed by atoms with Crippen LogP contribution in [0.2, 0.25) is 0 Å². The van der Waals surface area contributed by atoms with Gasteiger partial charge in [0.2, 0.25) is 6.79 Å². The number of fused-ring (bicyclic) bond motifs is 1. The molecule has 0 saturated carbocycles. The van der Waals surface area contributed by atoms with E-state index in [0.29, 0.717) is 34.6 Å². The van der Waals surface area contributed by atoms with E-state index in [0.717, 1.165) is 11.3 Å². The molecule has 1 saturated heterocycles. The number of nitrogens with zero attached hydrogens (tertiary/aromatic N) is 1. The fourth-order valence-corrected chi connectivity index (χ4v) is 3.10. The maximum absolute atomic E-state index is 12.8. The van der Waals surface area contributed by atoms with Crippen LogP contribution in [0.4, 0.5) is 5.69 Å². The minimum atomic E-state index is -0.211. The van der Waals surface area contributed by atoms with E-state index in [2.05, 4.69) is 5.32 Å². The number of benzene rings is 2. The summed E-state index contributed by atoms with van der Waals surface area (Å²) in [6, 6.07) is 12.7. The topological polar surface area (TPSA) is 60.0 Å². The third kappa shape index (κ3) is 2.97. The van der Waals surface area contributed by atoms with Crippen LogP contribution in [-0.4, -0.2) is 24.4 Å². The standard InChI is InChI=1S/C19H16N2O4S/c1-2-23-14-6-4-13(5-7-14)21-18(22)15(20-19(21)26)9-12-3-8-16-17(10-12)25-11-24-16/h3-10H,2,11H2,1H3,(H,20,26)/b15-9-. The molecular formula is C19H16N2O4S. The van der Waals surface area contributed by atoms with Gasteiger partial charge in [-0.2, -0.15) is 0 Å². The molecule has 2 aliphatic rings. The van der Waals surface area contributed by atoms with Crippen molar-refractivity contribution in [3.8, 4) is 17.2 Å². The van der Waals surface area contributed by atoms with Gasteiger partial charge in [-0.1, -0.05) is 6.07 Å². The molecule has 2 heterocycles. The Bertz CT molecular complexity index is 908. The maximum Gasteiger partial charge on any atom is 0.281 e. The molecule has 1 fully saturated rings. The molecule has 4 rings (SSSR count). The van der Waals surface area contributed by atoms with Crippen LogP contribution in [0.5, 0.6) is 17.2 Å². The zero-order valence-corrected chi connectivity index (χ0v) is 14.8. The first-order valence-electron chi connectivity index (χ1n) is 8.15. The van der Waals surface area contributed by atoms with Crippen LogP contribution in [0.15, 0.2) is 48.2 Å². The van der Waals surface area contributed by atoms with Crippen LogP contribution in [0.1, 0.15) is 12.5 Å². The van der Waals surface area contributed by atoms with Crippen molar-refractivity contribution in [2.45, 2.75) is 6.92 Å². The van der Waals surface area contributed by atoms with Crippen LogP contribution in [0.25, 0.3) is 6.08 Å². The van der Waals surface area contributed by atoms with E-state index in [-0.39, 0.29) is 12.7 Å². The highest BCUT2D eigenvalue weighted by atomic mass is 32.1. The molecule has 7 heteroatoms. The fraction of sp³-hybridized carbons (Fsp3) is 0.158. The molecule has 1 N–H and O–H groups in total. The summed E-state index contributed by atoms with van der Waals surface area (Å²) in [6.45, 7) is 2.72. The minimum Gasteiger partial charge on any atom is -0.494 e. The molecule has 0 spiro atoms. The minimum absolute atomic E-state index is 0.210. The smallest absolute Gasteiger partial charge is 0.281 e. The zero-order chi connectivity index (χ0) is 18.1. The molecule has 2 aromatic carbocycles. The first-order chi connectivity index (χ1) is 12.7. The number of hydrogen-bond donors (Lipinski definition) is 1. The normalized spacial score (nSPS) is 17.0. The molecule has 0 aromatic heterocycles. The lowest BCUT2D eigenvalue weighted by Gasteiger charge is -2.14. The first-order valence-corrected chi connectivity index (χ1v) is 8.56. The maximum atomic E-state index is 12.8. The molecule has 0 bridgehead atoms. The second-order valence-electron chi connectivity index (χ2n) is 5.67. The van der Waals surface area contributed by atoms with Crippen molar-refractivity contribution >= 4 is 35.0 Å². The lowest BCUT2D eigenvalue weighted by atomic mass is 10.1. The number of carbonyl (C=O) groups excluding carboxylic acids is 1. The summed E-state index contributed by atoms with van der Waals surface area (Å²) in [5, 5.41) is 3.31. The van der Waals surface area contributed by atoms with Crippen LogP contribution < -0.4 is 24.4 Å². The van der Waals surface area contributed by atoms with Crippen LogP contribution >= 0.6 is 12.2 Å². The van der Waals surface area contributed by atoms with E-state index >= 15 is 0 Å². The largest absolute Gasteiger partial charge is 0.494 e. The second kappa shape index (κ2) is 6.68. The highest BCUT2D eigenvalue weighted by molar-refractivity contribution is 7.80. The lowest BCUT2D eigenvalue weighted by molar-refractivity contribution is -0.113. The second-order valence-corrected chi connectivity index (χ2v) is 6.06. The van der Waals surface area contributed by atoms with Crippen molar-refractivity contribution in [1.29, 1.82) is 0 Å². The van der Waals surface area contributed by atoms with Gasteiger partial charge in [0.1, 0.15) is 11.4 Å². The number of amides is 1. The van der Waals surface area contributed by atoms with Gasteiger partial charge < -0.3 is 19.5 Å². The van der Waals surface area contributed by atoms with Gasteiger partial charge in [-0.25, -0.2) is 0 Å². The average molecular weight is 368 g/mol. The molecule has 0 unspecified atom stereocenters.